The molecule has 106 valence electrons. The molecule has 19 heavy (non-hydrogen) atoms. The van der Waals surface area contributed by atoms with Crippen LogP contribution < -0.4 is 0 Å². The van der Waals surface area contributed by atoms with Gasteiger partial charge in [-0.05, 0) is 24.1 Å². The summed E-state index contributed by atoms with van der Waals surface area (Å²) in [5.74, 6) is -2.19. The van der Waals surface area contributed by atoms with Crippen LogP contribution in [0, 0.1) is 0 Å². The molecule has 0 aromatic heterocycles. The van der Waals surface area contributed by atoms with Crippen molar-refractivity contribution < 1.29 is 28.2 Å². The fraction of sp³-hybridized carbons (Fsp3) is 0.462. The highest BCUT2D eigenvalue weighted by Crippen LogP contribution is 2.34. The third-order valence-electron chi connectivity index (χ3n) is 3.36. The van der Waals surface area contributed by atoms with Crippen molar-refractivity contribution in [3.63, 3.8) is 0 Å². The summed E-state index contributed by atoms with van der Waals surface area (Å²) in [7, 11) is 0. The van der Waals surface area contributed by atoms with Crippen LogP contribution in [0.4, 0.5) is 13.2 Å². The van der Waals surface area contributed by atoms with Crippen molar-refractivity contribution in [3.05, 3.63) is 35.4 Å². The number of hydrogen-bond donors (Lipinski definition) is 2. The number of carboxylic acids is 1. The molecular formula is C13H15F3O3. The van der Waals surface area contributed by atoms with E-state index in [1.165, 1.54) is 26.0 Å². The van der Waals surface area contributed by atoms with E-state index in [1.54, 1.807) is 0 Å². The zero-order valence-corrected chi connectivity index (χ0v) is 10.5. The van der Waals surface area contributed by atoms with Crippen LogP contribution >= 0.6 is 0 Å². The molecule has 0 bridgehead atoms. The summed E-state index contributed by atoms with van der Waals surface area (Å²) in [4.78, 5) is 11.1. The minimum Gasteiger partial charge on any atom is -0.479 e. The molecule has 0 aliphatic carbocycles. The Bertz CT molecular complexity index is 453. The van der Waals surface area contributed by atoms with Crippen LogP contribution in [0.3, 0.4) is 0 Å². The van der Waals surface area contributed by atoms with E-state index in [4.69, 9.17) is 5.11 Å². The molecule has 1 rings (SSSR count). The highest BCUT2D eigenvalue weighted by atomic mass is 19.4. The van der Waals surface area contributed by atoms with Gasteiger partial charge in [0.1, 0.15) is 0 Å². The molecule has 0 heterocycles. The summed E-state index contributed by atoms with van der Waals surface area (Å²) in [6, 6.07) is 4.14. The fourth-order valence-electron chi connectivity index (χ4n) is 1.88. The first kappa shape index (κ1) is 15.5. The van der Waals surface area contributed by atoms with E-state index in [1.807, 2.05) is 0 Å². The Morgan fingerprint density at radius 1 is 1.26 bits per heavy atom. The lowest BCUT2D eigenvalue weighted by molar-refractivity contribution is -0.161. The van der Waals surface area contributed by atoms with E-state index in [0.717, 1.165) is 12.1 Å². The molecular weight excluding hydrogens is 261 g/mol. The second kappa shape index (κ2) is 5.21. The number of hydrogen-bond acceptors (Lipinski definition) is 2. The Kier molecular flexibility index (Phi) is 4.25. The van der Waals surface area contributed by atoms with Gasteiger partial charge in [-0.2, -0.15) is 13.2 Å². The maximum Gasteiger partial charge on any atom is 0.416 e. The largest absolute Gasteiger partial charge is 0.479 e. The van der Waals surface area contributed by atoms with Crippen molar-refractivity contribution in [1.29, 1.82) is 0 Å². The van der Waals surface area contributed by atoms with Gasteiger partial charge in [0.05, 0.1) is 5.56 Å². The monoisotopic (exact) mass is 276 g/mol. The SMILES string of the molecule is CCC(O)(C(=O)O)C(C)c1ccc(C(F)(F)F)cc1. The maximum atomic E-state index is 12.4. The van der Waals surface area contributed by atoms with Crippen LogP contribution in [0.15, 0.2) is 24.3 Å². The zero-order valence-electron chi connectivity index (χ0n) is 10.5. The summed E-state index contributed by atoms with van der Waals surface area (Å²) in [6.07, 6.45) is -4.47. The van der Waals surface area contributed by atoms with Gasteiger partial charge in [-0.3, -0.25) is 0 Å². The molecule has 0 amide bonds. The topological polar surface area (TPSA) is 57.5 Å². The summed E-state index contributed by atoms with van der Waals surface area (Å²) in [6.45, 7) is 2.98. The van der Waals surface area contributed by atoms with E-state index >= 15 is 0 Å². The highest BCUT2D eigenvalue weighted by Gasteiger charge is 2.41. The van der Waals surface area contributed by atoms with E-state index < -0.39 is 29.2 Å². The van der Waals surface area contributed by atoms with Crippen molar-refractivity contribution in [3.8, 4) is 0 Å². The molecule has 0 aliphatic heterocycles. The molecule has 6 heteroatoms. The molecule has 2 atom stereocenters. The third-order valence-corrected chi connectivity index (χ3v) is 3.36. The maximum absolute atomic E-state index is 12.4. The lowest BCUT2D eigenvalue weighted by atomic mass is 9.81. The lowest BCUT2D eigenvalue weighted by Gasteiger charge is -2.29. The van der Waals surface area contributed by atoms with Gasteiger partial charge in [0, 0.05) is 5.92 Å². The van der Waals surface area contributed by atoms with Crippen molar-refractivity contribution in [1.82, 2.24) is 0 Å². The second-order valence-electron chi connectivity index (χ2n) is 4.42. The molecule has 2 N–H and O–H groups in total. The second-order valence-corrected chi connectivity index (χ2v) is 4.42. The van der Waals surface area contributed by atoms with Crippen molar-refractivity contribution in [2.24, 2.45) is 0 Å². The standard InChI is InChI=1S/C13H15F3O3/c1-3-12(19,11(17)18)8(2)9-4-6-10(7-5-9)13(14,15)16/h4-8,19H,3H2,1-2H3,(H,17,18). The Morgan fingerprint density at radius 2 is 1.74 bits per heavy atom. The van der Waals surface area contributed by atoms with E-state index in [9.17, 15) is 23.1 Å². The van der Waals surface area contributed by atoms with Crippen LogP contribution in [-0.4, -0.2) is 21.8 Å². The van der Waals surface area contributed by atoms with Crippen molar-refractivity contribution in [2.45, 2.75) is 38.0 Å². The third kappa shape index (κ3) is 3.07. The highest BCUT2D eigenvalue weighted by molar-refractivity contribution is 5.78. The van der Waals surface area contributed by atoms with Gasteiger partial charge in [0.15, 0.2) is 5.60 Å². The quantitative estimate of drug-likeness (QED) is 0.888. The Hall–Kier alpha value is -1.56. The average Bonchev–Trinajstić information content (AvgIpc) is 2.35. The minimum atomic E-state index is -4.43. The van der Waals surface area contributed by atoms with Crippen LogP contribution in [0.1, 0.15) is 37.3 Å². The number of alkyl halides is 3. The molecule has 0 spiro atoms. The number of aliphatic hydroxyl groups is 1. The number of rotatable bonds is 4. The summed E-state index contributed by atoms with van der Waals surface area (Å²) < 4.78 is 37.2. The van der Waals surface area contributed by atoms with Crippen LogP contribution in [0.2, 0.25) is 0 Å². The fourth-order valence-corrected chi connectivity index (χ4v) is 1.88. The number of aliphatic carboxylic acids is 1. The van der Waals surface area contributed by atoms with Crippen LogP contribution in [-0.2, 0) is 11.0 Å². The summed E-state index contributed by atoms with van der Waals surface area (Å²) >= 11 is 0. The summed E-state index contributed by atoms with van der Waals surface area (Å²) in [5.41, 5.74) is -2.45. The first-order chi connectivity index (χ1) is 8.63. The molecule has 2 unspecified atom stereocenters. The van der Waals surface area contributed by atoms with E-state index in [2.05, 4.69) is 0 Å². The number of benzene rings is 1. The van der Waals surface area contributed by atoms with Crippen molar-refractivity contribution in [2.75, 3.05) is 0 Å². The molecule has 1 aromatic carbocycles. The normalized spacial score (nSPS) is 16.7. The zero-order chi connectivity index (χ0) is 14.8. The van der Waals surface area contributed by atoms with Gasteiger partial charge in [0.2, 0.25) is 0 Å². The first-order valence-electron chi connectivity index (χ1n) is 5.76. The Morgan fingerprint density at radius 3 is 2.05 bits per heavy atom. The van der Waals surface area contributed by atoms with Gasteiger partial charge in [-0.25, -0.2) is 4.79 Å². The average molecular weight is 276 g/mol. The Balaban J connectivity index is 3.08. The first-order valence-corrected chi connectivity index (χ1v) is 5.76. The van der Waals surface area contributed by atoms with Gasteiger partial charge in [-0.1, -0.05) is 26.0 Å². The molecule has 0 aliphatic rings. The smallest absolute Gasteiger partial charge is 0.416 e. The molecule has 3 nitrogen and oxygen atoms in total. The van der Waals surface area contributed by atoms with E-state index in [-0.39, 0.29) is 6.42 Å². The van der Waals surface area contributed by atoms with Gasteiger partial charge < -0.3 is 10.2 Å². The summed E-state index contributed by atoms with van der Waals surface area (Å²) in [5, 5.41) is 19.0. The number of halogens is 3. The molecule has 0 fully saturated rings. The molecule has 1 aromatic rings. The van der Waals surface area contributed by atoms with Crippen LogP contribution in [0.5, 0.6) is 0 Å². The van der Waals surface area contributed by atoms with Gasteiger partial charge in [0.25, 0.3) is 0 Å². The van der Waals surface area contributed by atoms with E-state index in [0.29, 0.717) is 5.56 Å². The Labute approximate surface area is 108 Å². The predicted molar refractivity (Wildman–Crippen MR) is 62.7 cm³/mol. The predicted octanol–water partition coefficient (Wildman–Crippen LogP) is 3.03. The molecule has 0 saturated carbocycles. The number of carbonyl (C=O) groups is 1. The lowest BCUT2D eigenvalue weighted by Crippen LogP contribution is -2.42. The van der Waals surface area contributed by atoms with Gasteiger partial charge >= 0.3 is 12.1 Å². The van der Waals surface area contributed by atoms with Gasteiger partial charge in [-0.15, -0.1) is 0 Å². The van der Waals surface area contributed by atoms with Crippen LogP contribution in [0.25, 0.3) is 0 Å². The molecule has 0 radical (unpaired) electrons. The van der Waals surface area contributed by atoms with Crippen molar-refractivity contribution >= 4 is 5.97 Å². The molecule has 0 saturated heterocycles. The number of carboxylic acid groups (broad SMARTS) is 1. The minimum absolute atomic E-state index is 0.0372.